The number of hydrogen-bond acceptors (Lipinski definition) is 5. The molecular weight excluding hydrogens is 548 g/mol. The topological polar surface area (TPSA) is 59.1 Å². The molecule has 4 aromatic carbocycles. The third kappa shape index (κ3) is 5.28. The van der Waals surface area contributed by atoms with Crippen LogP contribution in [-0.2, 0) is 28.9 Å². The number of nitrogens with zero attached hydrogens (tertiary/aromatic N) is 2. The maximum Gasteiger partial charge on any atom is 0.417 e. The lowest BCUT2D eigenvalue weighted by Crippen LogP contribution is -2.47. The third-order valence-electron chi connectivity index (χ3n) is 9.70. The van der Waals surface area contributed by atoms with Crippen LogP contribution in [0.5, 0.6) is 5.75 Å². The first-order valence-electron chi connectivity index (χ1n) is 15.5. The Kier molecular flexibility index (Phi) is 7.47. The zero-order valence-corrected chi connectivity index (χ0v) is 25.3. The molecule has 2 heterocycles. The summed E-state index contributed by atoms with van der Waals surface area (Å²) in [6.07, 6.45) is 1.29. The summed E-state index contributed by atoms with van der Waals surface area (Å²) in [4.78, 5) is 31.5. The van der Waals surface area contributed by atoms with Gasteiger partial charge in [-0.25, -0.2) is 9.69 Å². The van der Waals surface area contributed by atoms with Gasteiger partial charge in [0.15, 0.2) is 0 Å². The van der Waals surface area contributed by atoms with Crippen molar-refractivity contribution in [2.45, 2.75) is 51.3 Å². The van der Waals surface area contributed by atoms with E-state index >= 15 is 0 Å². The minimum atomic E-state index is -0.860. The van der Waals surface area contributed by atoms with Crippen LogP contribution in [0.25, 0.3) is 0 Å². The van der Waals surface area contributed by atoms with Gasteiger partial charge in [-0.15, -0.1) is 0 Å². The van der Waals surface area contributed by atoms with Gasteiger partial charge in [0.25, 0.3) is 0 Å². The average Bonchev–Trinajstić information content (AvgIpc) is 3.73. The van der Waals surface area contributed by atoms with Gasteiger partial charge in [0.05, 0.1) is 5.41 Å². The Morgan fingerprint density at radius 2 is 1.55 bits per heavy atom. The third-order valence-corrected chi connectivity index (χ3v) is 9.70. The van der Waals surface area contributed by atoms with Crippen molar-refractivity contribution in [2.24, 2.45) is 5.41 Å². The van der Waals surface area contributed by atoms with Crippen LogP contribution in [-0.4, -0.2) is 47.6 Å². The molecule has 0 unspecified atom stereocenters. The maximum atomic E-state index is 14.7. The number of ether oxygens (including phenoxy) is 2. The second-order valence-corrected chi connectivity index (χ2v) is 12.7. The molecule has 0 saturated carbocycles. The van der Waals surface area contributed by atoms with Crippen molar-refractivity contribution >= 4 is 12.0 Å². The lowest BCUT2D eigenvalue weighted by molar-refractivity contribution is -0.139. The van der Waals surface area contributed by atoms with E-state index in [1.165, 1.54) is 21.6 Å². The molecule has 44 heavy (non-hydrogen) atoms. The minimum absolute atomic E-state index is 0.0820. The van der Waals surface area contributed by atoms with E-state index in [4.69, 9.17) is 9.47 Å². The Labute approximate surface area is 259 Å². The van der Waals surface area contributed by atoms with E-state index in [-0.39, 0.29) is 24.5 Å². The van der Waals surface area contributed by atoms with E-state index in [0.29, 0.717) is 13.1 Å². The normalized spacial score (nSPS) is 23.5. The molecule has 2 saturated heterocycles. The van der Waals surface area contributed by atoms with E-state index < -0.39 is 17.6 Å². The summed E-state index contributed by atoms with van der Waals surface area (Å²) < 4.78 is 12.1. The molecule has 0 N–H and O–H groups in total. The highest BCUT2D eigenvalue weighted by Crippen LogP contribution is 2.47. The number of likely N-dealkylation sites (tertiary alicyclic amines) is 1. The molecular formula is C38H38N2O4. The van der Waals surface area contributed by atoms with Crippen molar-refractivity contribution in [3.63, 3.8) is 0 Å². The first-order chi connectivity index (χ1) is 21.4. The van der Waals surface area contributed by atoms with Crippen LogP contribution >= 0.6 is 0 Å². The zero-order chi connectivity index (χ0) is 30.3. The number of aryl methyl sites for hydroxylation is 1. The molecule has 6 heteroatoms. The molecule has 3 aliphatic rings. The fourth-order valence-electron chi connectivity index (χ4n) is 7.33. The number of benzene rings is 4. The summed E-state index contributed by atoms with van der Waals surface area (Å²) >= 11 is 0. The Balaban J connectivity index is 1.21. The Morgan fingerprint density at radius 3 is 2.25 bits per heavy atom. The predicted molar refractivity (Wildman–Crippen MR) is 169 cm³/mol. The van der Waals surface area contributed by atoms with Gasteiger partial charge in [-0.3, -0.25) is 9.69 Å². The summed E-state index contributed by atoms with van der Waals surface area (Å²) in [6, 6.07) is 34.5. The first-order valence-corrected chi connectivity index (χ1v) is 15.5. The van der Waals surface area contributed by atoms with Crippen LogP contribution in [0, 0.1) is 12.3 Å². The molecule has 2 aliphatic heterocycles. The molecule has 7 rings (SSSR count). The number of amides is 2. The largest absolute Gasteiger partial charge is 0.489 e. The van der Waals surface area contributed by atoms with Gasteiger partial charge < -0.3 is 9.47 Å². The monoisotopic (exact) mass is 586 g/mol. The Hall–Kier alpha value is -4.42. The molecule has 1 aliphatic carbocycles. The zero-order valence-electron chi connectivity index (χ0n) is 25.3. The summed E-state index contributed by atoms with van der Waals surface area (Å²) in [5.74, 6) is 0.523. The number of carbonyl (C=O) groups excluding carboxylic acids is 2. The lowest BCUT2D eigenvalue weighted by atomic mass is 9.74. The highest BCUT2D eigenvalue weighted by molar-refractivity contribution is 5.97. The van der Waals surface area contributed by atoms with Crippen LogP contribution in [0.2, 0.25) is 0 Å². The minimum Gasteiger partial charge on any atom is -0.489 e. The summed E-state index contributed by atoms with van der Waals surface area (Å²) in [6.45, 7) is 6.20. The maximum absolute atomic E-state index is 14.7. The van der Waals surface area contributed by atoms with Crippen molar-refractivity contribution in [1.29, 1.82) is 0 Å². The molecule has 3 atom stereocenters. The van der Waals surface area contributed by atoms with Crippen molar-refractivity contribution < 1.29 is 19.1 Å². The molecule has 6 nitrogen and oxygen atoms in total. The lowest BCUT2D eigenvalue weighted by Gasteiger charge is -2.34. The number of rotatable bonds is 7. The number of cyclic esters (lactones) is 1. The summed E-state index contributed by atoms with van der Waals surface area (Å²) in [5.41, 5.74) is 6.06. The van der Waals surface area contributed by atoms with Crippen LogP contribution in [0.1, 0.15) is 52.3 Å². The van der Waals surface area contributed by atoms with Gasteiger partial charge in [-0.1, -0.05) is 97.1 Å². The fourth-order valence-corrected chi connectivity index (χ4v) is 7.33. The first kappa shape index (κ1) is 28.4. The number of hydrogen-bond donors (Lipinski definition) is 0. The van der Waals surface area contributed by atoms with E-state index in [0.717, 1.165) is 41.8 Å². The molecule has 0 radical (unpaired) electrons. The van der Waals surface area contributed by atoms with E-state index in [1.807, 2.05) is 55.5 Å². The highest BCUT2D eigenvalue weighted by atomic mass is 16.6. The van der Waals surface area contributed by atoms with Crippen LogP contribution in [0.3, 0.4) is 0 Å². The van der Waals surface area contributed by atoms with Gasteiger partial charge in [-0.05, 0) is 53.3 Å². The van der Waals surface area contributed by atoms with Gasteiger partial charge in [0.2, 0.25) is 5.91 Å². The Bertz CT molecular complexity index is 1650. The standard InChI is InChI=1S/C38H38N2O4/c1-26-17-18-31(21-35(26)44-32-19-29-15-9-10-16-30(29)20-32)33-23-39(22-27-11-5-3-6-12-27)25-38(33,2)36(41)40-34(24-43-37(40)42)28-13-7-4-8-14-28/h3-18,21,32-34H,19-20,22-25H2,1-2H3/t33-,34-,38+/m0/s1. The number of carbonyl (C=O) groups is 2. The number of imide groups is 1. The Morgan fingerprint density at radius 1 is 0.886 bits per heavy atom. The van der Waals surface area contributed by atoms with Crippen molar-refractivity contribution in [2.75, 3.05) is 19.7 Å². The number of fused-ring (bicyclic) bond motifs is 1. The van der Waals surface area contributed by atoms with E-state index in [9.17, 15) is 9.59 Å². The molecule has 0 bridgehead atoms. The highest BCUT2D eigenvalue weighted by Gasteiger charge is 2.54. The quantitative estimate of drug-likeness (QED) is 0.237. The van der Waals surface area contributed by atoms with Crippen molar-refractivity contribution in [1.82, 2.24) is 9.80 Å². The average molecular weight is 587 g/mol. The van der Waals surface area contributed by atoms with Gasteiger partial charge >= 0.3 is 6.09 Å². The predicted octanol–water partition coefficient (Wildman–Crippen LogP) is 6.87. The summed E-state index contributed by atoms with van der Waals surface area (Å²) in [5, 5.41) is 0. The smallest absolute Gasteiger partial charge is 0.417 e. The molecule has 0 aromatic heterocycles. The second kappa shape index (κ2) is 11.6. The van der Waals surface area contributed by atoms with Crippen LogP contribution < -0.4 is 4.74 Å². The van der Waals surface area contributed by atoms with Crippen LogP contribution in [0.15, 0.2) is 103 Å². The van der Waals surface area contributed by atoms with Crippen LogP contribution in [0.4, 0.5) is 4.79 Å². The van der Waals surface area contributed by atoms with E-state index in [1.54, 1.807) is 0 Å². The molecule has 2 fully saturated rings. The van der Waals surface area contributed by atoms with Gasteiger partial charge in [0.1, 0.15) is 24.5 Å². The van der Waals surface area contributed by atoms with Gasteiger partial charge in [-0.2, -0.15) is 0 Å². The van der Waals surface area contributed by atoms with Crippen molar-refractivity contribution in [3.05, 3.63) is 137 Å². The second-order valence-electron chi connectivity index (χ2n) is 12.7. The summed E-state index contributed by atoms with van der Waals surface area (Å²) in [7, 11) is 0. The molecule has 4 aromatic rings. The van der Waals surface area contributed by atoms with Gasteiger partial charge in [0, 0.05) is 38.4 Å². The molecule has 2 amide bonds. The SMILES string of the molecule is Cc1ccc([C@@H]2CN(Cc3ccccc3)C[C@@]2(C)C(=O)N2C(=O)OC[C@H]2c2ccccc2)cc1OC1Cc2ccccc2C1. The molecule has 224 valence electrons. The van der Waals surface area contributed by atoms with Crippen molar-refractivity contribution in [3.8, 4) is 5.75 Å². The fraction of sp³-hybridized carbons (Fsp3) is 0.316. The molecule has 0 spiro atoms. The van der Waals surface area contributed by atoms with E-state index in [2.05, 4.69) is 66.4 Å².